The smallest absolute Gasteiger partial charge is 0.317 e. The lowest BCUT2D eigenvalue weighted by atomic mass is 9.96. The largest absolute Gasteiger partial charge is 0.429 e. The van der Waals surface area contributed by atoms with Gasteiger partial charge in [-0.15, -0.1) is 0 Å². The summed E-state index contributed by atoms with van der Waals surface area (Å²) in [6.45, 7) is 5.79. The van der Waals surface area contributed by atoms with Crippen LogP contribution in [0.3, 0.4) is 0 Å². The summed E-state index contributed by atoms with van der Waals surface area (Å²) in [7, 11) is 0. The van der Waals surface area contributed by atoms with Gasteiger partial charge in [-0.25, -0.2) is 0 Å². The molecule has 1 heterocycles. The Morgan fingerprint density at radius 2 is 1.50 bits per heavy atom. The quantitative estimate of drug-likeness (QED) is 0.252. The second-order valence-corrected chi connectivity index (χ2v) is 6.96. The molecule has 1 fully saturated rings. The molecule has 0 aromatic rings. The van der Waals surface area contributed by atoms with E-state index in [-0.39, 0.29) is 17.6 Å². The van der Waals surface area contributed by atoms with Crippen molar-refractivity contribution in [2.75, 3.05) is 0 Å². The monoisotopic (exact) mass is 336 g/mol. The van der Waals surface area contributed by atoms with E-state index < -0.39 is 6.10 Å². The molecule has 2 unspecified atom stereocenters. The van der Waals surface area contributed by atoms with E-state index in [1.165, 1.54) is 64.2 Å². The fourth-order valence-electron chi connectivity index (χ4n) is 3.14. The highest BCUT2D eigenvalue weighted by molar-refractivity contribution is 5.77. The van der Waals surface area contributed by atoms with Gasteiger partial charge >= 0.3 is 5.97 Å². The van der Waals surface area contributed by atoms with E-state index in [9.17, 15) is 9.90 Å². The molecule has 3 heteroatoms. The first-order valence-electron chi connectivity index (χ1n) is 9.90. The topological polar surface area (TPSA) is 46.5 Å². The third kappa shape index (κ3) is 8.68. The molecule has 0 radical (unpaired) electrons. The first-order chi connectivity index (χ1) is 11.7. The van der Waals surface area contributed by atoms with Crippen LogP contribution >= 0.6 is 0 Å². The van der Waals surface area contributed by atoms with Crippen LogP contribution in [0.25, 0.3) is 0 Å². The third-order valence-corrected chi connectivity index (χ3v) is 4.77. The second-order valence-electron chi connectivity index (χ2n) is 6.96. The summed E-state index contributed by atoms with van der Waals surface area (Å²) in [5.41, 5.74) is 0. The molecule has 1 aliphatic heterocycles. The molecule has 1 N–H and O–H groups in total. The summed E-state index contributed by atoms with van der Waals surface area (Å²) in [5, 5.41) is 9.78. The van der Waals surface area contributed by atoms with Crippen LogP contribution in [0.2, 0.25) is 0 Å². The molecule has 3 nitrogen and oxygen atoms in total. The number of rotatable bonds is 14. The zero-order valence-electron chi connectivity index (χ0n) is 15.5. The molecule has 1 aliphatic rings. The van der Waals surface area contributed by atoms with Crippen molar-refractivity contribution in [2.45, 2.75) is 96.5 Å². The average Bonchev–Trinajstić information content (AvgIpc) is 2.81. The molecular weight excluding hydrogens is 300 g/mol. The van der Waals surface area contributed by atoms with Crippen LogP contribution in [0.1, 0.15) is 90.4 Å². The Morgan fingerprint density at radius 3 is 2.04 bits per heavy atom. The van der Waals surface area contributed by atoms with Crippen LogP contribution in [0.4, 0.5) is 0 Å². The van der Waals surface area contributed by atoms with Gasteiger partial charge in [-0.3, -0.25) is 4.79 Å². The molecular formula is C21H36O3. The molecule has 24 heavy (non-hydrogen) atoms. The van der Waals surface area contributed by atoms with E-state index >= 15 is 0 Å². The Bertz CT molecular complexity index is 387. The van der Waals surface area contributed by atoms with Gasteiger partial charge < -0.3 is 9.84 Å². The molecule has 0 spiro atoms. The van der Waals surface area contributed by atoms with Gasteiger partial charge in [0.1, 0.15) is 11.9 Å². The Balaban J connectivity index is 1.85. The summed E-state index contributed by atoms with van der Waals surface area (Å²) >= 11 is 0. The van der Waals surface area contributed by atoms with Gasteiger partial charge in [0, 0.05) is 0 Å². The Kier molecular flexibility index (Phi) is 11.5. The SMILES string of the molecule is C=C1OC(=O)C(CCCCCCCCCCC=CCCCC)C1O. The maximum atomic E-state index is 11.5. The average molecular weight is 337 g/mol. The van der Waals surface area contributed by atoms with Crippen molar-refractivity contribution in [2.24, 2.45) is 5.92 Å². The standard InChI is InChI=1S/C21H36O3/c1-3-4-5-6-7-8-9-10-11-12-13-14-15-16-17-19-20(22)18(2)24-21(19)23/h6-7,19-20,22H,2-5,8-17H2,1H3. The maximum Gasteiger partial charge on any atom is 0.317 e. The highest BCUT2D eigenvalue weighted by atomic mass is 16.6. The van der Waals surface area contributed by atoms with E-state index in [0.717, 1.165) is 12.8 Å². The number of aliphatic hydroxyl groups excluding tert-OH is 1. The normalized spacial score (nSPS) is 20.9. The summed E-state index contributed by atoms with van der Waals surface area (Å²) < 4.78 is 4.87. The zero-order chi connectivity index (χ0) is 17.6. The highest BCUT2D eigenvalue weighted by Crippen LogP contribution is 2.28. The Hall–Kier alpha value is -1.09. The molecule has 0 saturated carbocycles. The van der Waals surface area contributed by atoms with Gasteiger partial charge in [0.25, 0.3) is 0 Å². The summed E-state index contributed by atoms with van der Waals surface area (Å²) in [6, 6.07) is 0. The van der Waals surface area contributed by atoms with E-state index in [0.29, 0.717) is 6.42 Å². The van der Waals surface area contributed by atoms with Crippen LogP contribution in [-0.4, -0.2) is 17.2 Å². The van der Waals surface area contributed by atoms with Crippen LogP contribution in [0.5, 0.6) is 0 Å². The molecule has 0 amide bonds. The van der Waals surface area contributed by atoms with Crippen molar-refractivity contribution >= 4 is 5.97 Å². The molecule has 0 aromatic heterocycles. The summed E-state index contributed by atoms with van der Waals surface area (Å²) in [4.78, 5) is 11.5. The van der Waals surface area contributed by atoms with E-state index in [2.05, 4.69) is 25.7 Å². The molecule has 0 bridgehead atoms. The van der Waals surface area contributed by atoms with Gasteiger partial charge in [0.05, 0.1) is 5.92 Å². The maximum absolute atomic E-state index is 11.5. The number of ether oxygens (including phenoxy) is 1. The zero-order valence-corrected chi connectivity index (χ0v) is 15.5. The number of allylic oxidation sites excluding steroid dienone is 2. The van der Waals surface area contributed by atoms with Gasteiger partial charge in [0.2, 0.25) is 0 Å². The first-order valence-corrected chi connectivity index (χ1v) is 9.90. The van der Waals surface area contributed by atoms with E-state index in [1.54, 1.807) is 0 Å². The fourth-order valence-corrected chi connectivity index (χ4v) is 3.14. The number of hydrogen-bond donors (Lipinski definition) is 1. The van der Waals surface area contributed by atoms with Gasteiger partial charge in [-0.2, -0.15) is 0 Å². The van der Waals surface area contributed by atoms with Crippen molar-refractivity contribution in [1.29, 1.82) is 0 Å². The summed E-state index contributed by atoms with van der Waals surface area (Å²) in [5.74, 6) is -0.482. The lowest BCUT2D eigenvalue weighted by molar-refractivity contribution is -0.139. The highest BCUT2D eigenvalue weighted by Gasteiger charge is 2.38. The van der Waals surface area contributed by atoms with Crippen molar-refractivity contribution in [3.8, 4) is 0 Å². The summed E-state index contributed by atoms with van der Waals surface area (Å²) in [6.07, 6.45) is 19.5. The van der Waals surface area contributed by atoms with Gasteiger partial charge in [-0.05, 0) is 25.7 Å². The number of carbonyl (C=O) groups excluding carboxylic acids is 1. The minimum Gasteiger partial charge on any atom is -0.429 e. The number of hydrogen-bond acceptors (Lipinski definition) is 3. The van der Waals surface area contributed by atoms with Crippen LogP contribution < -0.4 is 0 Å². The van der Waals surface area contributed by atoms with Crippen LogP contribution in [-0.2, 0) is 9.53 Å². The molecule has 0 aromatic carbocycles. The predicted molar refractivity (Wildman–Crippen MR) is 99.6 cm³/mol. The Labute approximate surface area is 148 Å². The van der Waals surface area contributed by atoms with Crippen molar-refractivity contribution in [3.63, 3.8) is 0 Å². The van der Waals surface area contributed by atoms with Gasteiger partial charge in [-0.1, -0.05) is 83.4 Å². The molecule has 2 atom stereocenters. The Morgan fingerprint density at radius 1 is 0.958 bits per heavy atom. The third-order valence-electron chi connectivity index (χ3n) is 4.77. The number of carbonyl (C=O) groups is 1. The van der Waals surface area contributed by atoms with Crippen molar-refractivity contribution in [1.82, 2.24) is 0 Å². The van der Waals surface area contributed by atoms with E-state index in [1.807, 2.05) is 0 Å². The van der Waals surface area contributed by atoms with Crippen LogP contribution in [0.15, 0.2) is 24.5 Å². The molecule has 0 aliphatic carbocycles. The minimum atomic E-state index is -0.798. The van der Waals surface area contributed by atoms with Crippen molar-refractivity contribution < 1.29 is 14.6 Å². The second kappa shape index (κ2) is 13.2. The number of cyclic esters (lactones) is 1. The first kappa shape index (κ1) is 21.0. The lowest BCUT2D eigenvalue weighted by Crippen LogP contribution is -2.19. The number of unbranched alkanes of at least 4 members (excludes halogenated alkanes) is 10. The molecule has 1 rings (SSSR count). The minimum absolute atomic E-state index is 0.213. The molecule has 1 saturated heterocycles. The van der Waals surface area contributed by atoms with Crippen molar-refractivity contribution in [3.05, 3.63) is 24.5 Å². The number of esters is 1. The van der Waals surface area contributed by atoms with Gasteiger partial charge in [0.15, 0.2) is 0 Å². The molecule has 138 valence electrons. The lowest BCUT2D eigenvalue weighted by Gasteiger charge is -2.09. The van der Waals surface area contributed by atoms with Crippen LogP contribution in [0, 0.1) is 5.92 Å². The van der Waals surface area contributed by atoms with E-state index in [4.69, 9.17) is 4.74 Å². The fraction of sp³-hybridized carbons (Fsp3) is 0.762. The number of aliphatic hydroxyl groups is 1. The predicted octanol–water partition coefficient (Wildman–Crippen LogP) is 5.68.